The molecule has 0 spiro atoms. The van der Waals surface area contributed by atoms with Gasteiger partial charge in [0.2, 0.25) is 5.91 Å². The van der Waals surface area contributed by atoms with Crippen LogP contribution in [0.3, 0.4) is 0 Å². The van der Waals surface area contributed by atoms with Crippen molar-refractivity contribution in [2.75, 3.05) is 5.32 Å². The zero-order chi connectivity index (χ0) is 20.8. The van der Waals surface area contributed by atoms with Crippen molar-refractivity contribution >= 4 is 28.6 Å². The molecule has 2 amide bonds. The minimum atomic E-state index is -0.847. The molecule has 2 aromatic heterocycles. The summed E-state index contributed by atoms with van der Waals surface area (Å²) in [4.78, 5) is 32.6. The highest BCUT2D eigenvalue weighted by atomic mass is 16.6. The van der Waals surface area contributed by atoms with E-state index in [2.05, 4.69) is 20.6 Å². The predicted octanol–water partition coefficient (Wildman–Crippen LogP) is 3.90. The van der Waals surface area contributed by atoms with Crippen molar-refractivity contribution in [1.29, 1.82) is 0 Å². The molecular formula is C23H20N4O3. The Morgan fingerprint density at radius 3 is 2.60 bits per heavy atom. The van der Waals surface area contributed by atoms with E-state index in [-0.39, 0.29) is 5.91 Å². The molecule has 2 heterocycles. The maximum absolute atomic E-state index is 12.9. The Morgan fingerprint density at radius 2 is 1.80 bits per heavy atom. The molecule has 0 radical (unpaired) electrons. The van der Waals surface area contributed by atoms with Crippen LogP contribution in [0.25, 0.3) is 10.9 Å². The number of carbonyl (C=O) groups excluding carboxylic acids is 2. The number of carbonyl (C=O) groups is 2. The second-order valence-electron chi connectivity index (χ2n) is 6.69. The Bertz CT molecular complexity index is 1140. The standard InChI is InChI=1S/C23H20N4O3/c28-22(26-17-7-6-12-24-15-17)21(27-23(29)30-18-8-2-1-3-9-18)13-16-14-25-20-11-5-4-10-19(16)20/h1-12,14-15,21,25H,13H2,(H,26,28)(H,27,29)/t21-/m0/s1. The molecule has 0 fully saturated rings. The van der Waals surface area contributed by atoms with Gasteiger partial charge in [-0.25, -0.2) is 4.79 Å². The normalized spacial score (nSPS) is 11.6. The molecule has 30 heavy (non-hydrogen) atoms. The lowest BCUT2D eigenvalue weighted by molar-refractivity contribution is -0.118. The van der Waals surface area contributed by atoms with Crippen molar-refractivity contribution in [1.82, 2.24) is 15.3 Å². The maximum Gasteiger partial charge on any atom is 0.413 e. The van der Waals surface area contributed by atoms with Gasteiger partial charge in [-0.15, -0.1) is 0 Å². The highest BCUT2D eigenvalue weighted by Gasteiger charge is 2.24. The first-order chi connectivity index (χ1) is 14.7. The fraction of sp³-hybridized carbons (Fsp3) is 0.0870. The number of aromatic nitrogens is 2. The van der Waals surface area contributed by atoms with Crippen LogP contribution in [0.5, 0.6) is 5.75 Å². The molecule has 0 bridgehead atoms. The molecule has 7 nitrogen and oxygen atoms in total. The van der Waals surface area contributed by atoms with E-state index in [1.807, 2.05) is 36.5 Å². The summed E-state index contributed by atoms with van der Waals surface area (Å²) in [7, 11) is 0. The Hall–Kier alpha value is -4.13. The van der Waals surface area contributed by atoms with Crippen molar-refractivity contribution in [2.24, 2.45) is 0 Å². The molecule has 0 unspecified atom stereocenters. The number of para-hydroxylation sites is 2. The number of rotatable bonds is 6. The van der Waals surface area contributed by atoms with Crippen LogP contribution < -0.4 is 15.4 Å². The molecule has 2 aromatic carbocycles. The number of nitrogens with one attached hydrogen (secondary N) is 3. The molecule has 0 aliphatic rings. The van der Waals surface area contributed by atoms with Crippen molar-refractivity contribution < 1.29 is 14.3 Å². The van der Waals surface area contributed by atoms with Gasteiger partial charge in [-0.2, -0.15) is 0 Å². The van der Waals surface area contributed by atoms with Crippen LogP contribution in [0.2, 0.25) is 0 Å². The molecule has 4 rings (SSSR count). The van der Waals surface area contributed by atoms with E-state index in [0.29, 0.717) is 17.9 Å². The number of ether oxygens (including phenoxy) is 1. The molecule has 0 saturated carbocycles. The number of aromatic amines is 1. The molecule has 0 aliphatic heterocycles. The van der Waals surface area contributed by atoms with Crippen LogP contribution in [-0.4, -0.2) is 28.0 Å². The van der Waals surface area contributed by atoms with Gasteiger partial charge in [0.15, 0.2) is 0 Å². The molecule has 4 aromatic rings. The van der Waals surface area contributed by atoms with Crippen molar-refractivity contribution in [3.63, 3.8) is 0 Å². The average Bonchev–Trinajstić information content (AvgIpc) is 3.17. The summed E-state index contributed by atoms with van der Waals surface area (Å²) in [6.07, 6.45) is 4.60. The summed E-state index contributed by atoms with van der Waals surface area (Å²) in [5.41, 5.74) is 2.42. The number of nitrogens with zero attached hydrogens (tertiary/aromatic N) is 1. The highest BCUT2D eigenvalue weighted by molar-refractivity contribution is 5.97. The topological polar surface area (TPSA) is 96.1 Å². The smallest absolute Gasteiger partial charge is 0.410 e. The summed E-state index contributed by atoms with van der Waals surface area (Å²) in [6.45, 7) is 0. The van der Waals surface area contributed by atoms with Gasteiger partial charge in [0.25, 0.3) is 0 Å². The number of hydrogen-bond donors (Lipinski definition) is 3. The number of anilines is 1. The van der Waals surface area contributed by atoms with Gasteiger partial charge in [0, 0.05) is 29.7 Å². The minimum Gasteiger partial charge on any atom is -0.410 e. The van der Waals surface area contributed by atoms with Gasteiger partial charge in [-0.3, -0.25) is 9.78 Å². The zero-order valence-corrected chi connectivity index (χ0v) is 16.0. The number of fused-ring (bicyclic) bond motifs is 1. The number of amides is 2. The Kier molecular flexibility index (Phi) is 5.70. The van der Waals surface area contributed by atoms with Crippen LogP contribution in [0.4, 0.5) is 10.5 Å². The SMILES string of the molecule is O=C(N[C@@H](Cc1c[nH]c2ccccc12)C(=O)Nc1cccnc1)Oc1ccccc1. The second-order valence-corrected chi connectivity index (χ2v) is 6.69. The molecule has 0 aliphatic carbocycles. The second kappa shape index (κ2) is 8.91. The Labute approximate surface area is 173 Å². The van der Waals surface area contributed by atoms with E-state index in [1.54, 1.807) is 48.8 Å². The van der Waals surface area contributed by atoms with Gasteiger partial charge < -0.3 is 20.4 Å². The summed E-state index contributed by atoms with van der Waals surface area (Å²) < 4.78 is 5.30. The van der Waals surface area contributed by atoms with Crippen molar-refractivity contribution in [3.8, 4) is 5.75 Å². The van der Waals surface area contributed by atoms with Crippen LogP contribution in [0.15, 0.2) is 85.3 Å². The number of benzene rings is 2. The van der Waals surface area contributed by atoms with Crippen molar-refractivity contribution in [2.45, 2.75) is 12.5 Å². The third-order valence-corrected chi connectivity index (χ3v) is 4.59. The third kappa shape index (κ3) is 4.64. The molecule has 0 saturated heterocycles. The van der Waals surface area contributed by atoms with E-state index in [9.17, 15) is 9.59 Å². The monoisotopic (exact) mass is 400 g/mol. The van der Waals surface area contributed by atoms with Gasteiger partial charge in [0.1, 0.15) is 11.8 Å². The summed E-state index contributed by atoms with van der Waals surface area (Å²) in [5.74, 6) is 0.0341. The first-order valence-corrected chi connectivity index (χ1v) is 9.48. The van der Waals surface area contributed by atoms with Gasteiger partial charge >= 0.3 is 6.09 Å². The number of H-pyrrole nitrogens is 1. The van der Waals surface area contributed by atoms with Crippen LogP contribution in [0, 0.1) is 0 Å². The lowest BCUT2D eigenvalue weighted by Gasteiger charge is -2.18. The first kappa shape index (κ1) is 19.2. The zero-order valence-electron chi connectivity index (χ0n) is 16.0. The average molecular weight is 400 g/mol. The summed E-state index contributed by atoms with van der Waals surface area (Å²) >= 11 is 0. The fourth-order valence-electron chi connectivity index (χ4n) is 3.16. The molecule has 150 valence electrons. The largest absolute Gasteiger partial charge is 0.413 e. The van der Waals surface area contributed by atoms with Gasteiger partial charge in [-0.05, 0) is 35.9 Å². The van der Waals surface area contributed by atoms with E-state index in [0.717, 1.165) is 16.5 Å². The van der Waals surface area contributed by atoms with E-state index in [1.165, 1.54) is 0 Å². The maximum atomic E-state index is 12.9. The minimum absolute atomic E-state index is 0.292. The predicted molar refractivity (Wildman–Crippen MR) is 114 cm³/mol. The highest BCUT2D eigenvalue weighted by Crippen LogP contribution is 2.20. The molecular weight excluding hydrogens is 380 g/mol. The number of hydrogen-bond acceptors (Lipinski definition) is 4. The van der Waals surface area contributed by atoms with Crippen LogP contribution in [-0.2, 0) is 11.2 Å². The van der Waals surface area contributed by atoms with E-state index >= 15 is 0 Å². The number of pyridine rings is 1. The lowest BCUT2D eigenvalue weighted by atomic mass is 10.0. The van der Waals surface area contributed by atoms with Gasteiger partial charge in [-0.1, -0.05) is 36.4 Å². The Morgan fingerprint density at radius 1 is 1.00 bits per heavy atom. The Balaban J connectivity index is 1.53. The fourth-order valence-corrected chi connectivity index (χ4v) is 3.16. The van der Waals surface area contributed by atoms with Crippen LogP contribution in [0.1, 0.15) is 5.56 Å². The van der Waals surface area contributed by atoms with Gasteiger partial charge in [0.05, 0.1) is 11.9 Å². The third-order valence-electron chi connectivity index (χ3n) is 4.59. The first-order valence-electron chi connectivity index (χ1n) is 9.48. The summed E-state index contributed by atoms with van der Waals surface area (Å²) in [6, 6.07) is 19.1. The van der Waals surface area contributed by atoms with Crippen molar-refractivity contribution in [3.05, 3.63) is 90.9 Å². The quantitative estimate of drug-likeness (QED) is 0.457. The summed E-state index contributed by atoms with van der Waals surface area (Å²) in [5, 5.41) is 6.47. The lowest BCUT2D eigenvalue weighted by Crippen LogP contribution is -2.46. The van der Waals surface area contributed by atoms with E-state index in [4.69, 9.17) is 4.74 Å². The van der Waals surface area contributed by atoms with E-state index < -0.39 is 12.1 Å². The van der Waals surface area contributed by atoms with Crippen LogP contribution >= 0.6 is 0 Å². The molecule has 7 heteroatoms. The molecule has 1 atom stereocenters. The molecule has 3 N–H and O–H groups in total.